The first-order chi connectivity index (χ1) is 7.36. The summed E-state index contributed by atoms with van der Waals surface area (Å²) in [6.45, 7) is 7.99. The normalized spacial score (nSPS) is 21.4. The van der Waals surface area contributed by atoms with E-state index in [2.05, 4.69) is 17.1 Å². The molecular weight excluding hydrogens is 188 g/mol. The predicted octanol–water partition coefficient (Wildman–Crippen LogP) is 1.49. The van der Waals surface area contributed by atoms with E-state index in [9.17, 15) is 0 Å². The molecule has 0 spiro atoms. The summed E-state index contributed by atoms with van der Waals surface area (Å²) in [6.07, 6.45) is 5.15. The molecule has 3 heteroatoms. The second-order valence-electron chi connectivity index (χ2n) is 4.39. The van der Waals surface area contributed by atoms with Crippen LogP contribution in [0.1, 0.15) is 32.6 Å². The lowest BCUT2D eigenvalue weighted by Gasteiger charge is -2.24. The van der Waals surface area contributed by atoms with Crippen LogP contribution in [0.2, 0.25) is 0 Å². The molecule has 1 unspecified atom stereocenters. The van der Waals surface area contributed by atoms with Crippen LogP contribution in [0, 0.1) is 0 Å². The van der Waals surface area contributed by atoms with Crippen LogP contribution in [0.4, 0.5) is 0 Å². The average molecular weight is 214 g/mol. The summed E-state index contributed by atoms with van der Waals surface area (Å²) in [4.78, 5) is 2.55. The van der Waals surface area contributed by atoms with Gasteiger partial charge >= 0.3 is 0 Å². The molecule has 1 atom stereocenters. The van der Waals surface area contributed by atoms with Crippen LogP contribution in [0.5, 0.6) is 0 Å². The van der Waals surface area contributed by atoms with Crippen molar-refractivity contribution in [3.63, 3.8) is 0 Å². The van der Waals surface area contributed by atoms with Crippen LogP contribution in [0.15, 0.2) is 0 Å². The molecule has 0 aromatic heterocycles. The molecule has 1 heterocycles. The van der Waals surface area contributed by atoms with Gasteiger partial charge in [-0.3, -0.25) is 0 Å². The zero-order valence-electron chi connectivity index (χ0n) is 10.3. The summed E-state index contributed by atoms with van der Waals surface area (Å²) < 4.78 is 5.06. The fourth-order valence-electron chi connectivity index (χ4n) is 2.18. The number of methoxy groups -OCH3 is 1. The lowest BCUT2D eigenvalue weighted by atomic mass is 10.2. The lowest BCUT2D eigenvalue weighted by Crippen LogP contribution is -2.38. The Morgan fingerprint density at radius 1 is 1.40 bits per heavy atom. The van der Waals surface area contributed by atoms with Gasteiger partial charge in [-0.15, -0.1) is 0 Å². The summed E-state index contributed by atoms with van der Waals surface area (Å²) in [6, 6.07) is 0.743. The minimum atomic E-state index is 0.743. The van der Waals surface area contributed by atoms with E-state index in [0.717, 1.165) is 12.6 Å². The first-order valence-corrected chi connectivity index (χ1v) is 6.31. The van der Waals surface area contributed by atoms with Gasteiger partial charge in [-0.2, -0.15) is 0 Å². The Hall–Kier alpha value is -0.120. The van der Waals surface area contributed by atoms with Crippen LogP contribution in [0.3, 0.4) is 0 Å². The van der Waals surface area contributed by atoms with Crippen molar-refractivity contribution in [1.29, 1.82) is 0 Å². The Balaban J connectivity index is 2.06. The van der Waals surface area contributed by atoms with Crippen LogP contribution in [0.25, 0.3) is 0 Å². The third-order valence-corrected chi connectivity index (χ3v) is 3.16. The molecule has 1 N–H and O–H groups in total. The van der Waals surface area contributed by atoms with Gasteiger partial charge in [-0.1, -0.05) is 6.92 Å². The van der Waals surface area contributed by atoms with Crippen molar-refractivity contribution >= 4 is 0 Å². The van der Waals surface area contributed by atoms with E-state index in [1.807, 2.05) is 0 Å². The lowest BCUT2D eigenvalue weighted by molar-refractivity contribution is 0.182. The third-order valence-electron chi connectivity index (χ3n) is 3.16. The van der Waals surface area contributed by atoms with Gasteiger partial charge in [0.1, 0.15) is 0 Å². The maximum Gasteiger partial charge on any atom is 0.0462 e. The highest BCUT2D eigenvalue weighted by Crippen LogP contribution is 2.07. The molecule has 0 saturated carbocycles. The molecule has 1 fully saturated rings. The second kappa shape index (κ2) is 8.08. The van der Waals surface area contributed by atoms with Crippen molar-refractivity contribution in [3.05, 3.63) is 0 Å². The highest BCUT2D eigenvalue weighted by atomic mass is 16.5. The van der Waals surface area contributed by atoms with Crippen molar-refractivity contribution < 1.29 is 4.74 Å². The van der Waals surface area contributed by atoms with Gasteiger partial charge in [0.2, 0.25) is 0 Å². The molecule has 1 aliphatic rings. The minimum Gasteiger partial charge on any atom is -0.385 e. The van der Waals surface area contributed by atoms with E-state index in [1.165, 1.54) is 51.9 Å². The third kappa shape index (κ3) is 5.50. The molecule has 90 valence electrons. The van der Waals surface area contributed by atoms with Gasteiger partial charge in [-0.25, -0.2) is 0 Å². The number of likely N-dealkylation sites (N-methyl/N-ethyl adjacent to an activating group) is 1. The Morgan fingerprint density at radius 3 is 2.87 bits per heavy atom. The van der Waals surface area contributed by atoms with Gasteiger partial charge in [0, 0.05) is 26.3 Å². The standard InChI is InChI=1S/C12H26N2O/c1-3-14(9-4-5-10-15-2)11-12-7-6-8-13-12/h12-13H,3-11H2,1-2H3. The SMILES string of the molecule is CCN(CCCCOC)CC1CCCN1. The monoisotopic (exact) mass is 214 g/mol. The maximum atomic E-state index is 5.06. The zero-order chi connectivity index (χ0) is 10.9. The molecular formula is C12H26N2O. The van der Waals surface area contributed by atoms with Crippen molar-refractivity contribution in [2.45, 2.75) is 38.6 Å². The number of rotatable bonds is 8. The average Bonchev–Trinajstić information content (AvgIpc) is 2.75. The molecule has 1 saturated heterocycles. The van der Waals surface area contributed by atoms with Gasteiger partial charge in [0.15, 0.2) is 0 Å². The van der Waals surface area contributed by atoms with Crippen LogP contribution in [-0.2, 0) is 4.74 Å². The van der Waals surface area contributed by atoms with E-state index in [-0.39, 0.29) is 0 Å². The van der Waals surface area contributed by atoms with Gasteiger partial charge in [0.05, 0.1) is 0 Å². The number of nitrogens with zero attached hydrogens (tertiary/aromatic N) is 1. The van der Waals surface area contributed by atoms with E-state index in [1.54, 1.807) is 7.11 Å². The molecule has 1 rings (SSSR count). The molecule has 0 aromatic carbocycles. The number of nitrogens with one attached hydrogen (secondary N) is 1. The molecule has 0 aliphatic carbocycles. The fourth-order valence-corrected chi connectivity index (χ4v) is 2.18. The van der Waals surface area contributed by atoms with Gasteiger partial charge in [-0.05, 0) is 45.3 Å². The molecule has 0 radical (unpaired) electrons. The summed E-state index contributed by atoms with van der Waals surface area (Å²) in [7, 11) is 1.78. The van der Waals surface area contributed by atoms with Crippen molar-refractivity contribution in [1.82, 2.24) is 10.2 Å². The van der Waals surface area contributed by atoms with Gasteiger partial charge in [0.25, 0.3) is 0 Å². The first kappa shape index (κ1) is 12.9. The molecule has 0 aromatic rings. The Labute approximate surface area is 94.2 Å². The summed E-state index contributed by atoms with van der Waals surface area (Å²) in [5, 5.41) is 3.56. The van der Waals surface area contributed by atoms with E-state index < -0.39 is 0 Å². The summed E-state index contributed by atoms with van der Waals surface area (Å²) in [5.41, 5.74) is 0. The molecule has 0 amide bonds. The van der Waals surface area contributed by atoms with Crippen molar-refractivity contribution in [2.24, 2.45) is 0 Å². The number of ether oxygens (including phenoxy) is 1. The summed E-state index contributed by atoms with van der Waals surface area (Å²) in [5.74, 6) is 0. The topological polar surface area (TPSA) is 24.5 Å². The van der Waals surface area contributed by atoms with E-state index in [0.29, 0.717) is 0 Å². The van der Waals surface area contributed by atoms with Crippen LogP contribution < -0.4 is 5.32 Å². The van der Waals surface area contributed by atoms with E-state index in [4.69, 9.17) is 4.74 Å². The Bertz CT molecular complexity index is 147. The van der Waals surface area contributed by atoms with E-state index >= 15 is 0 Å². The molecule has 1 aliphatic heterocycles. The fraction of sp³-hybridized carbons (Fsp3) is 1.00. The van der Waals surface area contributed by atoms with Crippen molar-refractivity contribution in [2.75, 3.05) is 39.9 Å². The Morgan fingerprint density at radius 2 is 2.27 bits per heavy atom. The minimum absolute atomic E-state index is 0.743. The highest BCUT2D eigenvalue weighted by Gasteiger charge is 2.16. The quantitative estimate of drug-likeness (QED) is 0.620. The largest absolute Gasteiger partial charge is 0.385 e. The second-order valence-corrected chi connectivity index (χ2v) is 4.39. The zero-order valence-corrected chi connectivity index (χ0v) is 10.3. The molecule has 0 bridgehead atoms. The maximum absolute atomic E-state index is 5.06. The first-order valence-electron chi connectivity index (χ1n) is 6.31. The molecule has 15 heavy (non-hydrogen) atoms. The van der Waals surface area contributed by atoms with Gasteiger partial charge < -0.3 is 15.0 Å². The summed E-state index contributed by atoms with van der Waals surface area (Å²) >= 11 is 0. The smallest absolute Gasteiger partial charge is 0.0462 e. The van der Waals surface area contributed by atoms with Crippen molar-refractivity contribution in [3.8, 4) is 0 Å². The Kier molecular flexibility index (Phi) is 6.98. The highest BCUT2D eigenvalue weighted by molar-refractivity contribution is 4.77. The predicted molar refractivity (Wildman–Crippen MR) is 64.2 cm³/mol. The van der Waals surface area contributed by atoms with Crippen LogP contribution >= 0.6 is 0 Å². The number of hydrogen-bond acceptors (Lipinski definition) is 3. The molecule has 3 nitrogen and oxygen atoms in total. The van der Waals surface area contributed by atoms with Crippen LogP contribution in [-0.4, -0.2) is 50.8 Å². The number of hydrogen-bond donors (Lipinski definition) is 1. The number of unbranched alkanes of at least 4 members (excludes halogenated alkanes) is 1.